The topological polar surface area (TPSA) is 78.4 Å². The number of carbonyl (C=O) groups is 2. The van der Waals surface area contributed by atoms with E-state index in [0.717, 1.165) is 11.1 Å². The zero-order valence-electron chi connectivity index (χ0n) is 10.9. The number of hydrogen-bond donors (Lipinski definition) is 3. The number of para-hydroxylation sites is 1. The Bertz CT molecular complexity index is 512. The van der Waals surface area contributed by atoms with E-state index in [1.165, 1.54) is 0 Å². The number of terminal acetylenes is 1. The molecule has 3 N–H and O–H groups in total. The van der Waals surface area contributed by atoms with Crippen LogP contribution in [0.5, 0.6) is 0 Å². The molecule has 0 fully saturated rings. The minimum Gasteiger partial charge on any atom is -0.480 e. The highest BCUT2D eigenvalue weighted by molar-refractivity contribution is 5.93. The lowest BCUT2D eigenvalue weighted by atomic mass is 10.1. The van der Waals surface area contributed by atoms with Crippen LogP contribution >= 0.6 is 0 Å². The van der Waals surface area contributed by atoms with Crippen LogP contribution in [-0.4, -0.2) is 23.1 Å². The third kappa shape index (κ3) is 4.03. The van der Waals surface area contributed by atoms with Crippen LogP contribution in [-0.2, 0) is 4.79 Å². The molecule has 5 nitrogen and oxygen atoms in total. The number of urea groups is 1. The standard InChI is InChI=1S/C14H16N2O3/c1-4-6-11(13(17)18)15-14(19)16-12-9(2)7-5-8-10(12)3/h1,5,7-8,11H,6H2,2-3H3,(H,17,18)(H2,15,16,19). The average molecular weight is 260 g/mol. The van der Waals surface area contributed by atoms with Gasteiger partial charge in [0.15, 0.2) is 0 Å². The summed E-state index contributed by atoms with van der Waals surface area (Å²) in [5, 5.41) is 13.9. The van der Waals surface area contributed by atoms with Gasteiger partial charge in [0.1, 0.15) is 6.04 Å². The van der Waals surface area contributed by atoms with Crippen molar-refractivity contribution in [2.75, 3.05) is 5.32 Å². The summed E-state index contributed by atoms with van der Waals surface area (Å²) >= 11 is 0. The highest BCUT2D eigenvalue weighted by Crippen LogP contribution is 2.19. The number of carbonyl (C=O) groups excluding carboxylic acids is 1. The number of carboxylic acids is 1. The second kappa shape index (κ2) is 6.45. The number of carboxylic acid groups (broad SMARTS) is 1. The maximum atomic E-state index is 11.8. The van der Waals surface area contributed by atoms with E-state index < -0.39 is 18.0 Å². The molecule has 2 amide bonds. The van der Waals surface area contributed by atoms with Crippen molar-refractivity contribution in [3.05, 3.63) is 29.3 Å². The molecule has 0 saturated carbocycles. The van der Waals surface area contributed by atoms with E-state index in [4.69, 9.17) is 11.5 Å². The van der Waals surface area contributed by atoms with Crippen LogP contribution in [0, 0.1) is 26.2 Å². The van der Waals surface area contributed by atoms with Gasteiger partial charge in [0, 0.05) is 12.1 Å². The first-order chi connectivity index (χ1) is 8.95. The number of nitrogens with one attached hydrogen (secondary N) is 2. The molecule has 19 heavy (non-hydrogen) atoms. The quantitative estimate of drug-likeness (QED) is 0.723. The van der Waals surface area contributed by atoms with Gasteiger partial charge in [-0.25, -0.2) is 9.59 Å². The summed E-state index contributed by atoms with van der Waals surface area (Å²) in [6.07, 6.45) is 5.00. The molecule has 0 radical (unpaired) electrons. The van der Waals surface area contributed by atoms with Crippen molar-refractivity contribution in [1.29, 1.82) is 0 Å². The smallest absolute Gasteiger partial charge is 0.327 e. The lowest BCUT2D eigenvalue weighted by Crippen LogP contribution is -2.42. The summed E-state index contributed by atoms with van der Waals surface area (Å²) in [4.78, 5) is 22.6. The van der Waals surface area contributed by atoms with Gasteiger partial charge in [-0.3, -0.25) is 0 Å². The van der Waals surface area contributed by atoms with Crippen molar-refractivity contribution in [3.63, 3.8) is 0 Å². The van der Waals surface area contributed by atoms with E-state index in [0.29, 0.717) is 5.69 Å². The molecular weight excluding hydrogens is 244 g/mol. The number of benzene rings is 1. The van der Waals surface area contributed by atoms with Crippen molar-refractivity contribution >= 4 is 17.7 Å². The van der Waals surface area contributed by atoms with E-state index in [1.54, 1.807) is 0 Å². The van der Waals surface area contributed by atoms with E-state index >= 15 is 0 Å². The number of hydrogen-bond acceptors (Lipinski definition) is 2. The van der Waals surface area contributed by atoms with E-state index in [2.05, 4.69) is 16.6 Å². The monoisotopic (exact) mass is 260 g/mol. The van der Waals surface area contributed by atoms with Gasteiger partial charge in [-0.2, -0.15) is 0 Å². The van der Waals surface area contributed by atoms with Crippen LogP contribution < -0.4 is 10.6 Å². The Hall–Kier alpha value is -2.48. The molecule has 0 aliphatic carbocycles. The minimum absolute atomic E-state index is 0.0600. The first kappa shape index (κ1) is 14.6. The molecule has 0 heterocycles. The largest absolute Gasteiger partial charge is 0.480 e. The molecule has 1 aromatic carbocycles. The number of rotatable bonds is 4. The second-order valence-corrected chi connectivity index (χ2v) is 4.16. The number of amides is 2. The Kier molecular flexibility index (Phi) is 4.95. The Labute approximate surface area is 112 Å². The van der Waals surface area contributed by atoms with Crippen molar-refractivity contribution in [3.8, 4) is 12.3 Å². The molecule has 1 atom stereocenters. The van der Waals surface area contributed by atoms with E-state index in [9.17, 15) is 9.59 Å². The molecular formula is C14H16N2O3. The summed E-state index contributed by atoms with van der Waals surface area (Å²) in [6.45, 7) is 3.72. The molecule has 0 aliphatic heterocycles. The van der Waals surface area contributed by atoms with Crippen LogP contribution in [0.15, 0.2) is 18.2 Å². The summed E-state index contributed by atoms with van der Waals surface area (Å²) in [7, 11) is 0. The molecule has 0 aliphatic rings. The summed E-state index contributed by atoms with van der Waals surface area (Å²) in [6, 6.07) is 3.93. The lowest BCUT2D eigenvalue weighted by molar-refractivity contribution is -0.139. The molecule has 1 rings (SSSR count). The van der Waals surface area contributed by atoms with Gasteiger partial charge < -0.3 is 15.7 Å². The van der Waals surface area contributed by atoms with Crippen LogP contribution in [0.4, 0.5) is 10.5 Å². The molecule has 1 unspecified atom stereocenters. The van der Waals surface area contributed by atoms with Crippen molar-refractivity contribution in [2.45, 2.75) is 26.3 Å². The maximum absolute atomic E-state index is 11.8. The number of anilines is 1. The van der Waals surface area contributed by atoms with Gasteiger partial charge >= 0.3 is 12.0 Å². The second-order valence-electron chi connectivity index (χ2n) is 4.16. The highest BCUT2D eigenvalue weighted by Gasteiger charge is 2.19. The van der Waals surface area contributed by atoms with E-state index in [1.807, 2.05) is 32.0 Å². The Balaban J connectivity index is 2.75. The fourth-order valence-corrected chi connectivity index (χ4v) is 1.64. The Morgan fingerprint density at radius 3 is 2.42 bits per heavy atom. The van der Waals surface area contributed by atoms with Gasteiger partial charge in [0.05, 0.1) is 0 Å². The molecule has 100 valence electrons. The van der Waals surface area contributed by atoms with Crippen molar-refractivity contribution in [1.82, 2.24) is 5.32 Å². The third-order valence-electron chi connectivity index (χ3n) is 2.65. The first-order valence-corrected chi connectivity index (χ1v) is 5.75. The van der Waals surface area contributed by atoms with Crippen LogP contribution in [0.2, 0.25) is 0 Å². The van der Waals surface area contributed by atoms with Gasteiger partial charge in [0.2, 0.25) is 0 Å². The molecule has 0 bridgehead atoms. The van der Waals surface area contributed by atoms with E-state index in [-0.39, 0.29) is 6.42 Å². The maximum Gasteiger partial charge on any atom is 0.327 e. The Morgan fingerprint density at radius 1 is 1.37 bits per heavy atom. The summed E-state index contributed by atoms with van der Waals surface area (Å²) in [5.74, 6) is 1.06. The van der Waals surface area contributed by atoms with Crippen LogP contribution in [0.1, 0.15) is 17.5 Å². The van der Waals surface area contributed by atoms with Crippen LogP contribution in [0.3, 0.4) is 0 Å². The summed E-state index contributed by atoms with van der Waals surface area (Å²) < 4.78 is 0. The number of aliphatic carboxylic acids is 1. The fourth-order valence-electron chi connectivity index (χ4n) is 1.64. The Morgan fingerprint density at radius 2 is 1.95 bits per heavy atom. The molecule has 0 aromatic heterocycles. The predicted molar refractivity (Wildman–Crippen MR) is 72.9 cm³/mol. The van der Waals surface area contributed by atoms with Crippen molar-refractivity contribution in [2.24, 2.45) is 0 Å². The summed E-state index contributed by atoms with van der Waals surface area (Å²) in [5.41, 5.74) is 2.47. The molecule has 0 spiro atoms. The molecule has 1 aromatic rings. The number of aryl methyl sites for hydroxylation is 2. The van der Waals surface area contributed by atoms with Gasteiger partial charge in [-0.05, 0) is 25.0 Å². The average Bonchev–Trinajstić information content (AvgIpc) is 2.33. The van der Waals surface area contributed by atoms with Gasteiger partial charge in [-0.15, -0.1) is 12.3 Å². The SMILES string of the molecule is C#CCC(NC(=O)Nc1c(C)cccc1C)C(=O)O. The van der Waals surface area contributed by atoms with Gasteiger partial charge in [0.25, 0.3) is 0 Å². The molecule has 0 saturated heterocycles. The minimum atomic E-state index is -1.16. The lowest BCUT2D eigenvalue weighted by Gasteiger charge is -2.15. The fraction of sp³-hybridized carbons (Fsp3) is 0.286. The normalized spacial score (nSPS) is 11.2. The van der Waals surface area contributed by atoms with Crippen LogP contribution in [0.25, 0.3) is 0 Å². The predicted octanol–water partition coefficient (Wildman–Crippen LogP) is 1.90. The zero-order chi connectivity index (χ0) is 14.4. The van der Waals surface area contributed by atoms with Gasteiger partial charge in [-0.1, -0.05) is 18.2 Å². The molecule has 5 heteroatoms. The van der Waals surface area contributed by atoms with Crippen molar-refractivity contribution < 1.29 is 14.7 Å². The highest BCUT2D eigenvalue weighted by atomic mass is 16.4. The zero-order valence-corrected chi connectivity index (χ0v) is 10.9. The third-order valence-corrected chi connectivity index (χ3v) is 2.65. The first-order valence-electron chi connectivity index (χ1n) is 5.75.